The molecule has 0 bridgehead atoms. The minimum atomic E-state index is -0.317. The summed E-state index contributed by atoms with van der Waals surface area (Å²) < 4.78 is 5.76. The fourth-order valence-corrected chi connectivity index (χ4v) is 1.99. The topological polar surface area (TPSA) is 76.1 Å². The molecule has 1 heterocycles. The average Bonchev–Trinajstić information content (AvgIpc) is 2.48. The summed E-state index contributed by atoms with van der Waals surface area (Å²) in [5.74, 6) is 1.04. The van der Waals surface area contributed by atoms with E-state index < -0.39 is 0 Å². The van der Waals surface area contributed by atoms with Crippen molar-refractivity contribution in [2.24, 2.45) is 0 Å². The molecular formula is C18H24N4O2. The highest BCUT2D eigenvalue weighted by molar-refractivity contribution is 5.92. The van der Waals surface area contributed by atoms with Crippen LogP contribution in [-0.2, 0) is 0 Å². The van der Waals surface area contributed by atoms with Gasteiger partial charge in [0, 0.05) is 5.54 Å². The van der Waals surface area contributed by atoms with Gasteiger partial charge in [-0.1, -0.05) is 12.1 Å². The minimum absolute atomic E-state index is 0.0718. The molecule has 0 radical (unpaired) electrons. The largest absolute Gasteiger partial charge is 0.489 e. The summed E-state index contributed by atoms with van der Waals surface area (Å²) >= 11 is 0. The van der Waals surface area contributed by atoms with Crippen LogP contribution in [0, 0.1) is 0 Å². The standard InChI is InChI=1S/C18H24N4O2/c1-12(2)24-15-9-7-6-8-13(15)19-16-11-10-14(21-22-16)17(23)20-18(3,4)5/h6-12H,1-5H3,(H,19,22)(H,20,23). The van der Waals surface area contributed by atoms with Crippen molar-refractivity contribution in [1.82, 2.24) is 15.5 Å². The maximum atomic E-state index is 12.1. The van der Waals surface area contributed by atoms with E-state index in [2.05, 4.69) is 20.8 Å². The van der Waals surface area contributed by atoms with Gasteiger partial charge in [0.1, 0.15) is 5.75 Å². The Morgan fingerprint density at radius 3 is 2.38 bits per heavy atom. The molecule has 0 aliphatic heterocycles. The smallest absolute Gasteiger partial charge is 0.272 e. The third-order valence-corrected chi connectivity index (χ3v) is 2.90. The number of carbonyl (C=O) groups excluding carboxylic acids is 1. The van der Waals surface area contributed by atoms with Crippen molar-refractivity contribution in [3.05, 3.63) is 42.1 Å². The second-order valence-corrected chi connectivity index (χ2v) is 6.80. The van der Waals surface area contributed by atoms with Crippen molar-refractivity contribution in [2.75, 3.05) is 5.32 Å². The fraction of sp³-hybridized carbons (Fsp3) is 0.389. The highest BCUT2D eigenvalue weighted by Crippen LogP contribution is 2.27. The minimum Gasteiger partial charge on any atom is -0.489 e. The van der Waals surface area contributed by atoms with Gasteiger partial charge in [-0.2, -0.15) is 0 Å². The highest BCUT2D eigenvalue weighted by atomic mass is 16.5. The van der Waals surface area contributed by atoms with E-state index in [-0.39, 0.29) is 23.2 Å². The van der Waals surface area contributed by atoms with E-state index in [1.165, 1.54) is 0 Å². The number of aromatic nitrogens is 2. The SMILES string of the molecule is CC(C)Oc1ccccc1Nc1ccc(C(=O)NC(C)(C)C)nn1. The molecule has 0 saturated heterocycles. The first-order chi connectivity index (χ1) is 11.2. The van der Waals surface area contributed by atoms with Gasteiger partial charge in [0.15, 0.2) is 11.5 Å². The molecule has 0 saturated carbocycles. The van der Waals surface area contributed by atoms with Crippen LogP contribution in [0.25, 0.3) is 0 Å². The second-order valence-electron chi connectivity index (χ2n) is 6.80. The number of benzene rings is 1. The van der Waals surface area contributed by atoms with Gasteiger partial charge in [-0.25, -0.2) is 0 Å². The third-order valence-electron chi connectivity index (χ3n) is 2.90. The number of hydrogen-bond acceptors (Lipinski definition) is 5. The number of anilines is 2. The Balaban J connectivity index is 2.11. The zero-order chi connectivity index (χ0) is 17.7. The van der Waals surface area contributed by atoms with Crippen LogP contribution in [0.3, 0.4) is 0 Å². The normalized spacial score (nSPS) is 11.2. The first-order valence-electron chi connectivity index (χ1n) is 7.93. The zero-order valence-electron chi connectivity index (χ0n) is 14.8. The van der Waals surface area contributed by atoms with E-state index in [0.29, 0.717) is 5.82 Å². The van der Waals surface area contributed by atoms with Crippen LogP contribution in [0.2, 0.25) is 0 Å². The molecule has 0 unspecified atom stereocenters. The van der Waals surface area contributed by atoms with E-state index >= 15 is 0 Å². The monoisotopic (exact) mass is 328 g/mol. The maximum Gasteiger partial charge on any atom is 0.272 e. The van der Waals surface area contributed by atoms with Crippen LogP contribution in [-0.4, -0.2) is 27.7 Å². The van der Waals surface area contributed by atoms with Crippen molar-refractivity contribution in [3.8, 4) is 5.75 Å². The van der Waals surface area contributed by atoms with Crippen molar-refractivity contribution in [3.63, 3.8) is 0 Å². The Morgan fingerprint density at radius 1 is 1.08 bits per heavy atom. The summed E-state index contributed by atoms with van der Waals surface area (Å²) in [5, 5.41) is 14.1. The number of rotatable bonds is 5. The van der Waals surface area contributed by atoms with Crippen LogP contribution in [0.15, 0.2) is 36.4 Å². The van der Waals surface area contributed by atoms with Crippen LogP contribution < -0.4 is 15.4 Å². The van der Waals surface area contributed by atoms with Gasteiger partial charge in [-0.05, 0) is 58.9 Å². The van der Waals surface area contributed by atoms with Crippen LogP contribution in [0.1, 0.15) is 45.1 Å². The first kappa shape index (κ1) is 17.7. The maximum absolute atomic E-state index is 12.1. The molecule has 0 aliphatic carbocycles. The molecule has 0 spiro atoms. The van der Waals surface area contributed by atoms with Gasteiger partial charge in [-0.15, -0.1) is 10.2 Å². The van der Waals surface area contributed by atoms with Crippen molar-refractivity contribution in [2.45, 2.75) is 46.3 Å². The Labute approximate surface area is 142 Å². The van der Waals surface area contributed by atoms with Gasteiger partial charge >= 0.3 is 0 Å². The molecule has 0 atom stereocenters. The molecule has 1 aromatic heterocycles. The summed E-state index contributed by atoms with van der Waals surface area (Å²) in [5.41, 5.74) is 0.762. The molecule has 2 rings (SSSR count). The number of amides is 1. The summed E-state index contributed by atoms with van der Waals surface area (Å²) in [7, 11) is 0. The van der Waals surface area contributed by atoms with Crippen LogP contribution >= 0.6 is 0 Å². The predicted octanol–water partition coefficient (Wildman–Crippen LogP) is 3.54. The van der Waals surface area contributed by atoms with Crippen molar-refractivity contribution < 1.29 is 9.53 Å². The summed E-state index contributed by atoms with van der Waals surface area (Å²) in [6.07, 6.45) is 0.0718. The van der Waals surface area contributed by atoms with E-state index in [4.69, 9.17) is 4.74 Å². The van der Waals surface area contributed by atoms with E-state index in [0.717, 1.165) is 11.4 Å². The Kier molecular flexibility index (Phi) is 5.39. The molecule has 2 aromatic rings. The highest BCUT2D eigenvalue weighted by Gasteiger charge is 2.16. The van der Waals surface area contributed by atoms with Crippen LogP contribution in [0.5, 0.6) is 5.75 Å². The van der Waals surface area contributed by atoms with E-state index in [1.807, 2.05) is 58.9 Å². The number of carbonyl (C=O) groups is 1. The molecule has 0 fully saturated rings. The summed E-state index contributed by atoms with van der Waals surface area (Å²) in [4.78, 5) is 12.1. The lowest BCUT2D eigenvalue weighted by Crippen LogP contribution is -2.41. The third kappa shape index (κ3) is 5.22. The van der Waals surface area contributed by atoms with E-state index in [1.54, 1.807) is 12.1 Å². The Hall–Kier alpha value is -2.63. The van der Waals surface area contributed by atoms with Crippen molar-refractivity contribution in [1.29, 1.82) is 0 Å². The number of nitrogens with zero attached hydrogens (tertiary/aromatic N) is 2. The lowest BCUT2D eigenvalue weighted by atomic mass is 10.1. The van der Waals surface area contributed by atoms with Gasteiger partial charge in [-0.3, -0.25) is 4.79 Å². The number of ether oxygens (including phenoxy) is 1. The number of para-hydroxylation sites is 2. The lowest BCUT2D eigenvalue weighted by Gasteiger charge is -2.20. The fourth-order valence-electron chi connectivity index (χ4n) is 1.99. The molecule has 2 N–H and O–H groups in total. The van der Waals surface area contributed by atoms with Gasteiger partial charge in [0.25, 0.3) is 5.91 Å². The number of nitrogens with one attached hydrogen (secondary N) is 2. The molecule has 128 valence electrons. The first-order valence-corrected chi connectivity index (χ1v) is 7.93. The Bertz CT molecular complexity index is 691. The molecular weight excluding hydrogens is 304 g/mol. The molecule has 6 nitrogen and oxygen atoms in total. The molecule has 24 heavy (non-hydrogen) atoms. The molecule has 1 aromatic carbocycles. The van der Waals surface area contributed by atoms with Gasteiger partial charge in [0.2, 0.25) is 0 Å². The average molecular weight is 328 g/mol. The predicted molar refractivity (Wildman–Crippen MR) is 94.7 cm³/mol. The molecule has 0 aliphatic rings. The second kappa shape index (κ2) is 7.29. The van der Waals surface area contributed by atoms with Gasteiger partial charge < -0.3 is 15.4 Å². The molecule has 1 amide bonds. The molecule has 6 heteroatoms. The van der Waals surface area contributed by atoms with Crippen molar-refractivity contribution >= 4 is 17.4 Å². The summed E-state index contributed by atoms with van der Waals surface area (Å²) in [6.45, 7) is 9.69. The quantitative estimate of drug-likeness (QED) is 0.878. The zero-order valence-corrected chi connectivity index (χ0v) is 14.8. The van der Waals surface area contributed by atoms with E-state index in [9.17, 15) is 4.79 Å². The number of hydrogen-bond donors (Lipinski definition) is 2. The lowest BCUT2D eigenvalue weighted by molar-refractivity contribution is 0.0913. The Morgan fingerprint density at radius 2 is 1.79 bits per heavy atom. The van der Waals surface area contributed by atoms with Gasteiger partial charge in [0.05, 0.1) is 11.8 Å². The van der Waals surface area contributed by atoms with Crippen LogP contribution in [0.4, 0.5) is 11.5 Å². The summed E-state index contributed by atoms with van der Waals surface area (Å²) in [6, 6.07) is 11.0.